The zero-order chi connectivity index (χ0) is 27.3. The van der Waals surface area contributed by atoms with Crippen LogP contribution in [0, 0.1) is 5.41 Å². The van der Waals surface area contributed by atoms with Crippen molar-refractivity contribution in [3.05, 3.63) is 43.0 Å². The Labute approximate surface area is 234 Å². The third-order valence-electron chi connectivity index (χ3n) is 10.1. The molecule has 7 nitrogen and oxygen atoms in total. The summed E-state index contributed by atoms with van der Waals surface area (Å²) in [6.07, 6.45) is 15.3. The number of anilines is 1. The molecule has 1 saturated carbocycles. The maximum absolute atomic E-state index is 6.82. The summed E-state index contributed by atoms with van der Waals surface area (Å²) in [5, 5.41) is 1.37. The first kappa shape index (κ1) is 26.8. The minimum Gasteiger partial charge on any atom is -0.414 e. The lowest BCUT2D eigenvalue weighted by atomic mass is 9.77. The van der Waals surface area contributed by atoms with E-state index in [0.29, 0.717) is 17.6 Å². The molecule has 1 aliphatic carbocycles. The Hall–Kier alpha value is -2.42. The van der Waals surface area contributed by atoms with Gasteiger partial charge in [0.2, 0.25) is 0 Å². The second-order valence-electron chi connectivity index (χ2n) is 13.7. The SMILES string of the molecule is CC(C)(C)[Si](C)(C)O[C@H]1CC[C@@H](N2CCC3(CCN(c4nc(-c5ccncc5)nc5cnccc45)CC3)C2)C1. The minimum atomic E-state index is -1.70. The third kappa shape index (κ3) is 5.35. The molecule has 0 bridgehead atoms. The topological polar surface area (TPSA) is 67.3 Å². The second-order valence-corrected chi connectivity index (χ2v) is 18.4. The molecule has 0 aromatic carbocycles. The van der Waals surface area contributed by atoms with E-state index in [1.807, 2.05) is 24.5 Å². The molecule has 208 valence electrons. The van der Waals surface area contributed by atoms with Crippen molar-refractivity contribution < 1.29 is 4.43 Å². The summed E-state index contributed by atoms with van der Waals surface area (Å²) in [5.74, 6) is 1.79. The summed E-state index contributed by atoms with van der Waals surface area (Å²) >= 11 is 0. The molecule has 0 unspecified atom stereocenters. The highest BCUT2D eigenvalue weighted by Gasteiger charge is 2.46. The summed E-state index contributed by atoms with van der Waals surface area (Å²) in [7, 11) is -1.70. The van der Waals surface area contributed by atoms with Crippen LogP contribution in [0.5, 0.6) is 0 Å². The monoisotopic (exact) mass is 544 g/mol. The molecule has 0 amide bonds. The van der Waals surface area contributed by atoms with E-state index in [1.165, 1.54) is 51.6 Å². The van der Waals surface area contributed by atoms with Gasteiger partial charge in [0.1, 0.15) is 5.82 Å². The van der Waals surface area contributed by atoms with E-state index in [0.717, 1.165) is 41.2 Å². The maximum atomic E-state index is 6.82. The fraction of sp³-hybridized carbons (Fsp3) is 0.613. The number of nitrogens with zero attached hydrogens (tertiary/aromatic N) is 6. The fourth-order valence-corrected chi connectivity index (χ4v) is 8.07. The van der Waals surface area contributed by atoms with Gasteiger partial charge in [-0.25, -0.2) is 9.97 Å². The van der Waals surface area contributed by atoms with Crippen molar-refractivity contribution in [1.82, 2.24) is 24.8 Å². The summed E-state index contributed by atoms with van der Waals surface area (Å²) in [6.45, 7) is 16.4. The van der Waals surface area contributed by atoms with Gasteiger partial charge < -0.3 is 9.33 Å². The number of piperidine rings is 1. The number of rotatable bonds is 5. The van der Waals surface area contributed by atoms with Gasteiger partial charge in [0.15, 0.2) is 14.1 Å². The molecule has 3 aliphatic rings. The zero-order valence-corrected chi connectivity index (χ0v) is 25.4. The lowest BCUT2D eigenvalue weighted by Gasteiger charge is -2.41. The van der Waals surface area contributed by atoms with E-state index in [4.69, 9.17) is 14.4 Å². The van der Waals surface area contributed by atoms with Gasteiger partial charge in [-0.3, -0.25) is 14.9 Å². The lowest BCUT2D eigenvalue weighted by Crippen LogP contribution is -2.44. The Balaban J connectivity index is 1.12. The molecule has 6 rings (SSSR count). The molecule has 2 atom stereocenters. The second kappa shape index (κ2) is 10.2. The summed E-state index contributed by atoms with van der Waals surface area (Å²) < 4.78 is 6.82. The Bertz CT molecular complexity index is 1300. The predicted octanol–water partition coefficient (Wildman–Crippen LogP) is 6.32. The number of pyridine rings is 2. The molecule has 5 heterocycles. The third-order valence-corrected chi connectivity index (χ3v) is 14.7. The first-order valence-electron chi connectivity index (χ1n) is 14.8. The molecule has 39 heavy (non-hydrogen) atoms. The van der Waals surface area contributed by atoms with Gasteiger partial charge in [0.25, 0.3) is 0 Å². The van der Waals surface area contributed by atoms with Gasteiger partial charge in [-0.05, 0) is 86.8 Å². The van der Waals surface area contributed by atoms with E-state index in [9.17, 15) is 0 Å². The molecule has 8 heteroatoms. The Morgan fingerprint density at radius 1 is 0.923 bits per heavy atom. The van der Waals surface area contributed by atoms with Crippen LogP contribution in [0.3, 0.4) is 0 Å². The number of hydrogen-bond donors (Lipinski definition) is 0. The molecule has 1 spiro atoms. The van der Waals surface area contributed by atoms with Gasteiger partial charge in [-0.1, -0.05) is 20.8 Å². The fourth-order valence-electron chi connectivity index (χ4n) is 6.67. The van der Waals surface area contributed by atoms with Crippen LogP contribution in [0.4, 0.5) is 5.82 Å². The van der Waals surface area contributed by atoms with Crippen molar-refractivity contribution in [1.29, 1.82) is 0 Å². The van der Waals surface area contributed by atoms with Gasteiger partial charge in [-0.15, -0.1) is 0 Å². The van der Waals surface area contributed by atoms with Gasteiger partial charge in [0, 0.05) is 61.3 Å². The van der Waals surface area contributed by atoms with Crippen molar-refractivity contribution in [2.24, 2.45) is 5.41 Å². The van der Waals surface area contributed by atoms with Gasteiger partial charge >= 0.3 is 0 Å². The summed E-state index contributed by atoms with van der Waals surface area (Å²) in [6, 6.07) is 6.71. The van der Waals surface area contributed by atoms with Crippen LogP contribution in [-0.2, 0) is 4.43 Å². The molecule has 3 aromatic heterocycles. The lowest BCUT2D eigenvalue weighted by molar-refractivity contribution is 0.152. The average molecular weight is 545 g/mol. The van der Waals surface area contributed by atoms with Crippen LogP contribution in [0.15, 0.2) is 43.0 Å². The van der Waals surface area contributed by atoms with E-state index < -0.39 is 8.32 Å². The Kier molecular flexibility index (Phi) is 7.00. The van der Waals surface area contributed by atoms with E-state index in [1.54, 1.807) is 12.4 Å². The number of hydrogen-bond acceptors (Lipinski definition) is 7. The van der Waals surface area contributed by atoms with E-state index in [2.05, 4.69) is 59.7 Å². The highest BCUT2D eigenvalue weighted by atomic mass is 28.4. The Morgan fingerprint density at radius 3 is 2.38 bits per heavy atom. The quantitative estimate of drug-likeness (QED) is 0.348. The van der Waals surface area contributed by atoms with E-state index in [-0.39, 0.29) is 5.04 Å². The highest BCUT2D eigenvalue weighted by molar-refractivity contribution is 6.74. The van der Waals surface area contributed by atoms with Gasteiger partial charge in [0.05, 0.1) is 11.7 Å². The molecule has 2 saturated heterocycles. The molecule has 0 N–H and O–H groups in total. The predicted molar refractivity (Wildman–Crippen MR) is 160 cm³/mol. The molecule has 0 radical (unpaired) electrons. The van der Waals surface area contributed by atoms with Crippen molar-refractivity contribution in [3.63, 3.8) is 0 Å². The zero-order valence-electron chi connectivity index (χ0n) is 24.4. The number of fused-ring (bicyclic) bond motifs is 1. The maximum Gasteiger partial charge on any atom is 0.192 e. The van der Waals surface area contributed by atoms with E-state index >= 15 is 0 Å². The van der Waals surface area contributed by atoms with Crippen LogP contribution >= 0.6 is 0 Å². The number of likely N-dealkylation sites (tertiary alicyclic amines) is 1. The van der Waals surface area contributed by atoms with Crippen LogP contribution in [0.25, 0.3) is 22.3 Å². The first-order valence-corrected chi connectivity index (χ1v) is 17.7. The minimum absolute atomic E-state index is 0.279. The largest absolute Gasteiger partial charge is 0.414 e. The average Bonchev–Trinajstić information content (AvgIpc) is 3.55. The van der Waals surface area contributed by atoms with Crippen molar-refractivity contribution in [2.75, 3.05) is 31.1 Å². The van der Waals surface area contributed by atoms with Crippen LogP contribution in [0.2, 0.25) is 18.1 Å². The summed E-state index contributed by atoms with van der Waals surface area (Å²) in [5.41, 5.74) is 2.33. The van der Waals surface area contributed by atoms with Crippen LogP contribution in [-0.4, -0.2) is 71.5 Å². The molecule has 3 aromatic rings. The smallest absolute Gasteiger partial charge is 0.192 e. The normalized spacial score (nSPS) is 24.2. The summed E-state index contributed by atoms with van der Waals surface area (Å²) in [4.78, 5) is 23.7. The van der Waals surface area contributed by atoms with Crippen LogP contribution in [0.1, 0.15) is 59.3 Å². The molecular weight excluding hydrogens is 500 g/mol. The Morgan fingerprint density at radius 2 is 1.64 bits per heavy atom. The van der Waals surface area contributed by atoms with Gasteiger partial charge in [-0.2, -0.15) is 0 Å². The number of aromatic nitrogens is 4. The molecule has 3 fully saturated rings. The molecular formula is C31H44N6OSi. The molecule has 2 aliphatic heterocycles. The highest BCUT2D eigenvalue weighted by Crippen LogP contribution is 2.45. The van der Waals surface area contributed by atoms with Crippen molar-refractivity contribution >= 4 is 25.0 Å². The first-order chi connectivity index (χ1) is 18.6. The standard InChI is InChI=1S/C31H44N6OSi/c1-30(2,3)39(4,5)38-25-7-6-24(20-25)37-19-13-31(22-37)11-17-36(18-12-31)29-26-10-16-33-21-27(26)34-28(35-29)23-8-14-32-15-9-23/h8-10,14-16,21,24-25H,6-7,11-13,17-20,22H2,1-5H3/t24-,25+/m1/s1. The van der Waals surface area contributed by atoms with Crippen LogP contribution < -0.4 is 4.90 Å². The van der Waals surface area contributed by atoms with Crippen molar-refractivity contribution in [2.45, 2.75) is 89.6 Å². The van der Waals surface area contributed by atoms with Crippen molar-refractivity contribution in [3.8, 4) is 11.4 Å².